The van der Waals surface area contributed by atoms with Crippen molar-refractivity contribution in [2.45, 2.75) is 12.6 Å². The highest BCUT2D eigenvalue weighted by atomic mass is 35.5. The van der Waals surface area contributed by atoms with Crippen molar-refractivity contribution in [2.75, 3.05) is 25.9 Å². The zero-order valence-electron chi connectivity index (χ0n) is 15.3. The van der Waals surface area contributed by atoms with Gasteiger partial charge in [0.1, 0.15) is 17.1 Å². The van der Waals surface area contributed by atoms with Gasteiger partial charge in [0.25, 0.3) is 5.91 Å². The number of ether oxygens (including phenoxy) is 1. The fraction of sp³-hybridized carbons (Fsp3) is 0.278. The summed E-state index contributed by atoms with van der Waals surface area (Å²) in [4.78, 5) is 22.0. The third kappa shape index (κ3) is 3.75. The topological polar surface area (TPSA) is 81.3 Å². The molecule has 158 valence electrons. The summed E-state index contributed by atoms with van der Waals surface area (Å²) in [6, 6.07) is 2.99. The van der Waals surface area contributed by atoms with Gasteiger partial charge in [-0.1, -0.05) is 23.2 Å². The number of fused-ring (bicyclic) bond motifs is 2. The van der Waals surface area contributed by atoms with Gasteiger partial charge in [0.2, 0.25) is 5.95 Å². The van der Waals surface area contributed by atoms with Crippen LogP contribution in [0.3, 0.4) is 0 Å². The van der Waals surface area contributed by atoms with Gasteiger partial charge in [0, 0.05) is 30.0 Å². The van der Waals surface area contributed by atoms with Crippen LogP contribution in [0, 0.1) is 0 Å². The average Bonchev–Trinajstić information content (AvgIpc) is 3.26. The first-order chi connectivity index (χ1) is 14.0. The molecule has 1 aliphatic rings. The van der Waals surface area contributed by atoms with Crippen molar-refractivity contribution in [1.29, 1.82) is 0 Å². The molecule has 2 aromatic heterocycles. The van der Waals surface area contributed by atoms with Crippen LogP contribution < -0.4 is 10.5 Å². The number of thiophene rings is 1. The van der Waals surface area contributed by atoms with Crippen molar-refractivity contribution in [3.8, 4) is 17.0 Å². The Balaban J connectivity index is 1.86. The first-order valence-electron chi connectivity index (χ1n) is 8.58. The van der Waals surface area contributed by atoms with E-state index in [-0.39, 0.29) is 10.8 Å². The summed E-state index contributed by atoms with van der Waals surface area (Å²) < 4.78 is 43.6. The Labute approximate surface area is 182 Å². The van der Waals surface area contributed by atoms with Crippen LogP contribution in [0.4, 0.5) is 19.1 Å². The van der Waals surface area contributed by atoms with Gasteiger partial charge in [0.15, 0.2) is 0 Å². The molecule has 0 fully saturated rings. The second kappa shape index (κ2) is 7.44. The Morgan fingerprint density at radius 3 is 2.73 bits per heavy atom. The number of nitrogen functional groups attached to an aromatic ring is 1. The van der Waals surface area contributed by atoms with Gasteiger partial charge >= 0.3 is 6.18 Å². The van der Waals surface area contributed by atoms with Gasteiger partial charge < -0.3 is 15.4 Å². The van der Waals surface area contributed by atoms with Crippen molar-refractivity contribution in [2.24, 2.45) is 0 Å². The lowest BCUT2D eigenvalue weighted by Gasteiger charge is -2.17. The number of benzene rings is 1. The maximum atomic E-state index is 12.7. The van der Waals surface area contributed by atoms with E-state index in [1.54, 1.807) is 0 Å². The van der Waals surface area contributed by atoms with Gasteiger partial charge in [-0.05, 0) is 12.1 Å². The lowest BCUT2D eigenvalue weighted by molar-refractivity contribution is -0.138. The van der Waals surface area contributed by atoms with E-state index in [0.29, 0.717) is 55.2 Å². The quantitative estimate of drug-likeness (QED) is 0.586. The van der Waals surface area contributed by atoms with E-state index in [0.717, 1.165) is 23.9 Å². The molecule has 6 nitrogen and oxygen atoms in total. The third-order valence-corrected chi connectivity index (χ3v) is 6.10. The number of hydrogen-bond acceptors (Lipinski definition) is 6. The van der Waals surface area contributed by atoms with Crippen molar-refractivity contribution >= 4 is 56.6 Å². The second-order valence-corrected chi connectivity index (χ2v) is 8.50. The lowest BCUT2D eigenvalue weighted by Crippen LogP contribution is -2.35. The largest absolute Gasteiger partial charge is 0.491 e. The first-order valence-corrected chi connectivity index (χ1v) is 10.2. The van der Waals surface area contributed by atoms with Crippen molar-refractivity contribution in [3.63, 3.8) is 0 Å². The van der Waals surface area contributed by atoms with E-state index >= 15 is 0 Å². The number of anilines is 1. The zero-order valence-corrected chi connectivity index (χ0v) is 17.6. The highest BCUT2D eigenvalue weighted by Gasteiger charge is 2.32. The number of carbonyl (C=O) groups is 1. The summed E-state index contributed by atoms with van der Waals surface area (Å²) >= 11 is 13.6. The van der Waals surface area contributed by atoms with Gasteiger partial charge in [-0.15, -0.1) is 11.3 Å². The molecule has 3 heterocycles. The lowest BCUT2D eigenvalue weighted by atomic mass is 10.00. The predicted molar refractivity (Wildman–Crippen MR) is 109 cm³/mol. The van der Waals surface area contributed by atoms with Crippen LogP contribution in [0.1, 0.15) is 15.2 Å². The summed E-state index contributed by atoms with van der Waals surface area (Å²) in [6.45, 7) is -0.948. The summed E-state index contributed by atoms with van der Waals surface area (Å²) in [6.07, 6.45) is -3.96. The molecule has 0 aliphatic carbocycles. The molecule has 0 bridgehead atoms. The van der Waals surface area contributed by atoms with Crippen LogP contribution in [0.25, 0.3) is 21.5 Å². The average molecular weight is 477 g/mol. The second-order valence-electron chi connectivity index (χ2n) is 6.66. The smallest absolute Gasteiger partial charge is 0.406 e. The van der Waals surface area contributed by atoms with Crippen LogP contribution in [0.2, 0.25) is 10.0 Å². The third-order valence-electron chi connectivity index (χ3n) is 4.50. The van der Waals surface area contributed by atoms with Gasteiger partial charge in [-0.2, -0.15) is 13.2 Å². The molecule has 3 aromatic rings. The van der Waals surface area contributed by atoms with Crippen LogP contribution in [0.5, 0.6) is 5.75 Å². The zero-order chi connectivity index (χ0) is 21.8. The molecule has 12 heteroatoms. The minimum atomic E-state index is -4.51. The maximum Gasteiger partial charge on any atom is 0.406 e. The minimum Gasteiger partial charge on any atom is -0.491 e. The Hall–Kier alpha value is -2.30. The number of nitrogens with zero attached hydrogens (tertiary/aromatic N) is 3. The minimum absolute atomic E-state index is 0.0549. The Bertz CT molecular complexity index is 1180. The molecule has 0 spiro atoms. The van der Waals surface area contributed by atoms with Crippen LogP contribution in [-0.4, -0.2) is 47.2 Å². The molecule has 0 saturated carbocycles. The number of hydrogen-bond donors (Lipinski definition) is 1. The summed E-state index contributed by atoms with van der Waals surface area (Å²) in [5.41, 5.74) is 7.52. The highest BCUT2D eigenvalue weighted by molar-refractivity contribution is 7.20. The van der Waals surface area contributed by atoms with E-state index in [4.69, 9.17) is 33.7 Å². The number of carbonyl (C=O) groups excluding carboxylic acids is 1. The fourth-order valence-corrected chi connectivity index (χ4v) is 5.00. The van der Waals surface area contributed by atoms with E-state index in [9.17, 15) is 18.0 Å². The monoisotopic (exact) mass is 476 g/mol. The van der Waals surface area contributed by atoms with E-state index in [2.05, 4.69) is 9.97 Å². The molecule has 30 heavy (non-hydrogen) atoms. The molecule has 0 saturated heterocycles. The number of amides is 1. The van der Waals surface area contributed by atoms with Crippen molar-refractivity contribution < 1.29 is 22.7 Å². The Morgan fingerprint density at radius 1 is 1.30 bits per heavy atom. The molecule has 2 N–H and O–H groups in total. The van der Waals surface area contributed by atoms with E-state index < -0.39 is 18.6 Å². The summed E-state index contributed by atoms with van der Waals surface area (Å²) in [7, 11) is 1.08. The predicted octanol–water partition coefficient (Wildman–Crippen LogP) is 4.82. The first kappa shape index (κ1) is 21.0. The number of alkyl halides is 3. The Morgan fingerprint density at radius 2 is 2.03 bits per heavy atom. The SMILES string of the molecule is CN(CC(F)(F)F)C(=O)c1cc2c(-c3c(Cl)cc(Cl)c4c3CCO4)nc(N)nc2s1. The van der Waals surface area contributed by atoms with Crippen LogP contribution in [-0.2, 0) is 6.42 Å². The molecule has 1 amide bonds. The van der Waals surface area contributed by atoms with E-state index in [1.165, 1.54) is 12.1 Å². The Kier molecular flexibility index (Phi) is 5.19. The number of halogens is 5. The molecule has 1 aliphatic heterocycles. The van der Waals surface area contributed by atoms with Crippen LogP contribution in [0.15, 0.2) is 12.1 Å². The van der Waals surface area contributed by atoms with Gasteiger partial charge in [-0.25, -0.2) is 9.97 Å². The number of aromatic nitrogens is 2. The summed E-state index contributed by atoms with van der Waals surface area (Å²) in [5, 5.41) is 1.14. The standard InChI is InChI=1S/C18H13Cl2F3N4O2S/c1-27(6-18(21,22)23)16(28)11-4-8-13(25-17(24)26-15(8)30-11)12-7-2-3-29-14(7)10(20)5-9(12)19/h4-5H,2-3,6H2,1H3,(H2,24,25,26). The maximum absolute atomic E-state index is 12.7. The van der Waals surface area contributed by atoms with Crippen LogP contribution >= 0.6 is 34.5 Å². The molecule has 0 atom stereocenters. The normalized spacial score (nSPS) is 13.4. The number of rotatable bonds is 3. The van der Waals surface area contributed by atoms with Crippen molar-refractivity contribution in [1.82, 2.24) is 14.9 Å². The van der Waals surface area contributed by atoms with Gasteiger partial charge in [0.05, 0.1) is 27.2 Å². The fourth-order valence-electron chi connectivity index (χ4n) is 3.32. The van der Waals surface area contributed by atoms with Crippen molar-refractivity contribution in [3.05, 3.63) is 32.6 Å². The molecular weight excluding hydrogens is 464 g/mol. The highest BCUT2D eigenvalue weighted by Crippen LogP contribution is 2.46. The molecular formula is C18H13Cl2F3N4O2S. The molecule has 0 radical (unpaired) electrons. The van der Waals surface area contributed by atoms with Gasteiger partial charge in [-0.3, -0.25) is 4.79 Å². The molecule has 0 unspecified atom stereocenters. The number of nitrogens with two attached hydrogens (primary N) is 1. The van der Waals surface area contributed by atoms with E-state index in [1.807, 2.05) is 0 Å². The molecule has 4 rings (SSSR count). The molecule has 1 aromatic carbocycles. The summed E-state index contributed by atoms with van der Waals surface area (Å²) in [5.74, 6) is -0.339.